The van der Waals surface area contributed by atoms with E-state index in [1.54, 1.807) is 7.11 Å². The smallest absolute Gasteiger partial charge is 0.127 e. The Balaban J connectivity index is 1.51. The lowest BCUT2D eigenvalue weighted by Gasteiger charge is -2.49. The van der Waals surface area contributed by atoms with Crippen molar-refractivity contribution in [3.8, 4) is 17.2 Å². The highest BCUT2D eigenvalue weighted by Gasteiger charge is 2.49. The molecule has 0 spiro atoms. The summed E-state index contributed by atoms with van der Waals surface area (Å²) in [6.45, 7) is 8.64. The second-order valence-electron chi connectivity index (χ2n) is 10.1. The third-order valence-corrected chi connectivity index (χ3v) is 8.24. The summed E-state index contributed by atoms with van der Waals surface area (Å²) in [4.78, 5) is 2.49. The zero-order chi connectivity index (χ0) is 25.0. The predicted octanol–water partition coefficient (Wildman–Crippen LogP) is 7.04. The Hall–Kier alpha value is -2.98. The topological polar surface area (TPSA) is 30.9 Å². The van der Waals surface area contributed by atoms with Gasteiger partial charge in [-0.15, -0.1) is 0 Å². The molecule has 2 heterocycles. The molecular formula is C32H39NO3. The summed E-state index contributed by atoms with van der Waals surface area (Å²) in [6, 6.07) is 26.0. The van der Waals surface area contributed by atoms with Crippen LogP contribution in [0.4, 0.5) is 0 Å². The Kier molecular flexibility index (Phi) is 7.52. The van der Waals surface area contributed by atoms with Crippen LogP contribution in [0.5, 0.6) is 17.2 Å². The van der Waals surface area contributed by atoms with Crippen molar-refractivity contribution in [3.05, 3.63) is 89.5 Å². The van der Waals surface area contributed by atoms with Gasteiger partial charge in [-0.3, -0.25) is 4.90 Å². The SMILES string of the molecule is CCC1(CC)Oc2cc(OC)ccc2[C@@H](c2ccc(OCCN3CCCC3)cc2)[C@H]1c1ccccc1. The quantitative estimate of drug-likeness (QED) is 0.325. The lowest BCUT2D eigenvalue weighted by Crippen LogP contribution is -2.47. The van der Waals surface area contributed by atoms with Gasteiger partial charge in [0.25, 0.3) is 0 Å². The molecule has 4 heteroatoms. The van der Waals surface area contributed by atoms with Gasteiger partial charge in [0, 0.05) is 30.0 Å². The first-order valence-corrected chi connectivity index (χ1v) is 13.5. The summed E-state index contributed by atoms with van der Waals surface area (Å²) in [5.74, 6) is 3.06. The highest BCUT2D eigenvalue weighted by atomic mass is 16.5. The van der Waals surface area contributed by atoms with Crippen LogP contribution in [-0.4, -0.2) is 43.9 Å². The molecule has 190 valence electrons. The van der Waals surface area contributed by atoms with Crippen molar-refractivity contribution >= 4 is 0 Å². The Morgan fingerprint density at radius 2 is 1.56 bits per heavy atom. The number of rotatable bonds is 9. The summed E-state index contributed by atoms with van der Waals surface area (Å²) in [6.07, 6.45) is 4.47. The van der Waals surface area contributed by atoms with Gasteiger partial charge in [-0.1, -0.05) is 62.4 Å². The van der Waals surface area contributed by atoms with Crippen molar-refractivity contribution in [2.75, 3.05) is 33.4 Å². The molecule has 3 aromatic carbocycles. The zero-order valence-electron chi connectivity index (χ0n) is 21.9. The fraction of sp³-hybridized carbons (Fsp3) is 0.438. The molecule has 2 atom stereocenters. The van der Waals surface area contributed by atoms with Crippen LogP contribution < -0.4 is 14.2 Å². The van der Waals surface area contributed by atoms with Crippen molar-refractivity contribution in [2.45, 2.75) is 57.0 Å². The van der Waals surface area contributed by atoms with E-state index in [-0.39, 0.29) is 17.4 Å². The van der Waals surface area contributed by atoms with Gasteiger partial charge in [0.1, 0.15) is 29.5 Å². The molecular weight excluding hydrogens is 446 g/mol. The molecule has 0 unspecified atom stereocenters. The van der Waals surface area contributed by atoms with Crippen molar-refractivity contribution in [3.63, 3.8) is 0 Å². The third kappa shape index (κ3) is 4.84. The Bertz CT molecular complexity index is 1120. The number of benzene rings is 3. The summed E-state index contributed by atoms with van der Waals surface area (Å²) in [5.41, 5.74) is 3.51. The number of hydrogen-bond donors (Lipinski definition) is 0. The van der Waals surface area contributed by atoms with Crippen molar-refractivity contribution in [1.82, 2.24) is 4.90 Å². The molecule has 5 rings (SSSR count). The third-order valence-electron chi connectivity index (χ3n) is 8.24. The molecule has 1 saturated heterocycles. The molecule has 0 amide bonds. The van der Waals surface area contributed by atoms with E-state index in [1.165, 1.54) is 42.6 Å². The molecule has 36 heavy (non-hydrogen) atoms. The standard InChI is InChI=1S/C32H39NO3/c1-4-32(5-2)31(25-11-7-6-8-12-25)30(28-18-17-27(34-3)23-29(28)36-32)24-13-15-26(16-14-24)35-22-21-33-19-9-10-20-33/h6-8,11-18,23,30-31H,4-5,9-10,19-22H2,1-3H3/t30-,31-/m1/s1. The molecule has 0 bridgehead atoms. The minimum absolute atomic E-state index is 0.167. The molecule has 0 aromatic heterocycles. The van der Waals surface area contributed by atoms with Crippen LogP contribution in [0.25, 0.3) is 0 Å². The van der Waals surface area contributed by atoms with Crippen molar-refractivity contribution in [2.24, 2.45) is 0 Å². The Labute approximate surface area is 216 Å². The Morgan fingerprint density at radius 3 is 2.22 bits per heavy atom. The van der Waals surface area contributed by atoms with Gasteiger partial charge in [0.05, 0.1) is 7.11 Å². The second-order valence-corrected chi connectivity index (χ2v) is 10.1. The van der Waals surface area contributed by atoms with E-state index in [1.807, 2.05) is 0 Å². The van der Waals surface area contributed by atoms with Crippen molar-refractivity contribution < 1.29 is 14.2 Å². The van der Waals surface area contributed by atoms with E-state index in [9.17, 15) is 0 Å². The maximum atomic E-state index is 6.90. The first-order valence-electron chi connectivity index (χ1n) is 13.5. The summed E-state index contributed by atoms with van der Waals surface area (Å²) in [7, 11) is 1.71. The predicted molar refractivity (Wildman–Crippen MR) is 146 cm³/mol. The van der Waals surface area contributed by atoms with Crippen LogP contribution in [0.2, 0.25) is 0 Å². The molecule has 2 aliphatic rings. The second kappa shape index (κ2) is 11.0. The average molecular weight is 486 g/mol. The van der Waals surface area contributed by atoms with Gasteiger partial charge in [0.15, 0.2) is 0 Å². The number of nitrogens with zero attached hydrogens (tertiary/aromatic N) is 1. The first-order chi connectivity index (χ1) is 17.7. The van der Waals surface area contributed by atoms with Crippen LogP contribution in [0.3, 0.4) is 0 Å². The minimum Gasteiger partial charge on any atom is -0.497 e. The molecule has 0 N–H and O–H groups in total. The van der Waals surface area contributed by atoms with Gasteiger partial charge in [0.2, 0.25) is 0 Å². The summed E-state index contributed by atoms with van der Waals surface area (Å²) in [5, 5.41) is 0. The molecule has 4 nitrogen and oxygen atoms in total. The highest BCUT2D eigenvalue weighted by Crippen LogP contribution is 2.55. The van der Waals surface area contributed by atoms with Gasteiger partial charge >= 0.3 is 0 Å². The molecule has 0 radical (unpaired) electrons. The van der Waals surface area contributed by atoms with Crippen molar-refractivity contribution in [1.29, 1.82) is 0 Å². The van der Waals surface area contributed by atoms with Gasteiger partial charge in [-0.2, -0.15) is 0 Å². The fourth-order valence-electron chi connectivity index (χ4n) is 6.19. The van der Waals surface area contributed by atoms with Crippen LogP contribution in [-0.2, 0) is 0 Å². The van der Waals surface area contributed by atoms with E-state index in [0.29, 0.717) is 0 Å². The van der Waals surface area contributed by atoms with Crippen LogP contribution in [0, 0.1) is 0 Å². The molecule has 2 aliphatic heterocycles. The average Bonchev–Trinajstić information content (AvgIpc) is 3.46. The normalized spacial score (nSPS) is 21.0. The summed E-state index contributed by atoms with van der Waals surface area (Å²) < 4.78 is 18.6. The maximum absolute atomic E-state index is 6.90. The number of hydrogen-bond acceptors (Lipinski definition) is 4. The highest BCUT2D eigenvalue weighted by molar-refractivity contribution is 5.53. The lowest BCUT2D eigenvalue weighted by atomic mass is 9.65. The molecule has 1 fully saturated rings. The van der Waals surface area contributed by atoms with E-state index in [2.05, 4.69) is 91.5 Å². The van der Waals surface area contributed by atoms with Crippen LogP contribution >= 0.6 is 0 Å². The maximum Gasteiger partial charge on any atom is 0.127 e. The molecule has 0 saturated carbocycles. The van der Waals surface area contributed by atoms with Crippen LogP contribution in [0.1, 0.15) is 68.1 Å². The van der Waals surface area contributed by atoms with Crippen LogP contribution in [0.15, 0.2) is 72.8 Å². The van der Waals surface area contributed by atoms with E-state index >= 15 is 0 Å². The number of ether oxygens (including phenoxy) is 3. The molecule has 0 aliphatic carbocycles. The zero-order valence-corrected chi connectivity index (χ0v) is 21.9. The fourth-order valence-corrected chi connectivity index (χ4v) is 6.19. The summed E-state index contributed by atoms with van der Waals surface area (Å²) >= 11 is 0. The van der Waals surface area contributed by atoms with E-state index < -0.39 is 0 Å². The largest absolute Gasteiger partial charge is 0.497 e. The first kappa shape index (κ1) is 24.7. The minimum atomic E-state index is -0.309. The lowest BCUT2D eigenvalue weighted by molar-refractivity contribution is 0.00953. The number of methoxy groups -OCH3 is 1. The number of likely N-dealkylation sites (tertiary alicyclic amines) is 1. The monoisotopic (exact) mass is 485 g/mol. The van der Waals surface area contributed by atoms with E-state index in [0.717, 1.165) is 43.2 Å². The number of fused-ring (bicyclic) bond motifs is 1. The van der Waals surface area contributed by atoms with Gasteiger partial charge in [-0.05, 0) is 68.1 Å². The van der Waals surface area contributed by atoms with E-state index in [4.69, 9.17) is 14.2 Å². The van der Waals surface area contributed by atoms with Gasteiger partial charge < -0.3 is 14.2 Å². The van der Waals surface area contributed by atoms with Gasteiger partial charge in [-0.25, -0.2) is 0 Å². The Morgan fingerprint density at radius 1 is 0.861 bits per heavy atom. The molecule has 3 aromatic rings.